The van der Waals surface area contributed by atoms with Crippen LogP contribution in [0.5, 0.6) is 11.6 Å². The molecule has 1 aromatic carbocycles. The SMILES string of the molecule is CCCCCN1CCCc2cc(Oc3ccc(C(N)=O)cn3)ccc2C1. The van der Waals surface area contributed by atoms with Crippen molar-refractivity contribution in [2.24, 2.45) is 5.73 Å². The standard InChI is InChI=1S/C21H27N3O2/c1-2-3-4-11-24-12-5-6-16-13-19(9-7-18(16)15-24)26-20-10-8-17(14-23-20)21(22)25/h7-10,13-14H,2-6,11-12,15H2,1H3,(H2,22,25). The van der Waals surface area contributed by atoms with E-state index in [2.05, 4.69) is 28.9 Å². The molecule has 0 atom stereocenters. The van der Waals surface area contributed by atoms with Crippen molar-refractivity contribution in [2.45, 2.75) is 45.6 Å². The van der Waals surface area contributed by atoms with E-state index < -0.39 is 5.91 Å². The molecule has 2 N–H and O–H groups in total. The number of rotatable bonds is 7. The van der Waals surface area contributed by atoms with Crippen molar-refractivity contribution in [1.29, 1.82) is 0 Å². The summed E-state index contributed by atoms with van der Waals surface area (Å²) in [6, 6.07) is 9.58. The van der Waals surface area contributed by atoms with Gasteiger partial charge in [0.25, 0.3) is 0 Å². The third-order valence-corrected chi connectivity index (χ3v) is 4.81. The Morgan fingerprint density at radius 1 is 1.23 bits per heavy atom. The molecule has 0 saturated heterocycles. The number of hydrogen-bond donors (Lipinski definition) is 1. The lowest BCUT2D eigenvalue weighted by Gasteiger charge is -2.20. The number of carbonyl (C=O) groups is 1. The normalized spacial score (nSPS) is 14.5. The average molecular weight is 353 g/mol. The van der Waals surface area contributed by atoms with E-state index in [9.17, 15) is 4.79 Å². The van der Waals surface area contributed by atoms with Crippen molar-refractivity contribution < 1.29 is 9.53 Å². The van der Waals surface area contributed by atoms with Gasteiger partial charge in [-0.15, -0.1) is 0 Å². The Morgan fingerprint density at radius 2 is 2.12 bits per heavy atom. The molecule has 0 radical (unpaired) electrons. The van der Waals surface area contributed by atoms with Gasteiger partial charge in [-0.3, -0.25) is 9.69 Å². The average Bonchev–Trinajstić information content (AvgIpc) is 2.84. The van der Waals surface area contributed by atoms with Gasteiger partial charge in [-0.1, -0.05) is 25.8 Å². The second-order valence-electron chi connectivity index (χ2n) is 6.87. The van der Waals surface area contributed by atoms with Crippen LogP contribution in [0.1, 0.15) is 54.1 Å². The van der Waals surface area contributed by atoms with Gasteiger partial charge in [-0.2, -0.15) is 0 Å². The Balaban J connectivity index is 1.66. The number of primary amides is 1. The van der Waals surface area contributed by atoms with Crippen LogP contribution in [-0.2, 0) is 13.0 Å². The van der Waals surface area contributed by atoms with Crippen molar-refractivity contribution in [3.8, 4) is 11.6 Å². The van der Waals surface area contributed by atoms with Crippen LogP contribution in [0.25, 0.3) is 0 Å². The molecule has 2 heterocycles. The molecule has 0 bridgehead atoms. The summed E-state index contributed by atoms with van der Waals surface area (Å²) >= 11 is 0. The van der Waals surface area contributed by atoms with Gasteiger partial charge in [0.15, 0.2) is 0 Å². The summed E-state index contributed by atoms with van der Waals surface area (Å²) in [7, 11) is 0. The zero-order valence-corrected chi connectivity index (χ0v) is 15.4. The first-order valence-electron chi connectivity index (χ1n) is 9.43. The minimum atomic E-state index is -0.488. The van der Waals surface area contributed by atoms with E-state index >= 15 is 0 Å². The summed E-state index contributed by atoms with van der Waals surface area (Å²) in [6.07, 6.45) is 7.53. The predicted molar refractivity (Wildman–Crippen MR) is 102 cm³/mol. The highest BCUT2D eigenvalue weighted by atomic mass is 16.5. The molecule has 138 valence electrons. The Hall–Kier alpha value is -2.40. The third-order valence-electron chi connectivity index (χ3n) is 4.81. The maximum Gasteiger partial charge on any atom is 0.250 e. The summed E-state index contributed by atoms with van der Waals surface area (Å²) in [5.74, 6) is 0.754. The molecule has 1 amide bonds. The molecule has 0 unspecified atom stereocenters. The molecule has 0 spiro atoms. The van der Waals surface area contributed by atoms with Gasteiger partial charge >= 0.3 is 0 Å². The molecule has 1 aliphatic heterocycles. The lowest BCUT2D eigenvalue weighted by Crippen LogP contribution is -2.24. The quantitative estimate of drug-likeness (QED) is 0.766. The molecular weight excluding hydrogens is 326 g/mol. The Kier molecular flexibility index (Phi) is 6.23. The van der Waals surface area contributed by atoms with E-state index in [0.717, 1.165) is 25.3 Å². The van der Waals surface area contributed by atoms with Gasteiger partial charge in [0.1, 0.15) is 5.75 Å². The molecule has 0 aliphatic carbocycles. The fraction of sp³-hybridized carbons (Fsp3) is 0.429. The minimum Gasteiger partial charge on any atom is -0.439 e. The first kappa shape index (κ1) is 18.4. The number of nitrogens with two attached hydrogens (primary N) is 1. The number of pyridine rings is 1. The number of amides is 1. The second-order valence-corrected chi connectivity index (χ2v) is 6.87. The van der Waals surface area contributed by atoms with Crippen molar-refractivity contribution >= 4 is 5.91 Å². The molecule has 5 heteroatoms. The highest BCUT2D eigenvalue weighted by Crippen LogP contribution is 2.26. The van der Waals surface area contributed by atoms with Crippen molar-refractivity contribution in [2.75, 3.05) is 13.1 Å². The van der Waals surface area contributed by atoms with Gasteiger partial charge in [-0.25, -0.2) is 4.98 Å². The fourth-order valence-electron chi connectivity index (χ4n) is 3.35. The van der Waals surface area contributed by atoms with Crippen LogP contribution in [0.4, 0.5) is 0 Å². The summed E-state index contributed by atoms with van der Waals surface area (Å²) < 4.78 is 5.85. The molecule has 26 heavy (non-hydrogen) atoms. The maximum atomic E-state index is 11.1. The molecular formula is C21H27N3O2. The van der Waals surface area contributed by atoms with Crippen molar-refractivity contribution in [1.82, 2.24) is 9.88 Å². The predicted octanol–water partition coefficient (Wildman–Crippen LogP) is 3.91. The highest BCUT2D eigenvalue weighted by molar-refractivity contribution is 5.92. The van der Waals surface area contributed by atoms with Crippen molar-refractivity contribution in [3.63, 3.8) is 0 Å². The van der Waals surface area contributed by atoms with E-state index in [-0.39, 0.29) is 0 Å². The maximum absolute atomic E-state index is 11.1. The van der Waals surface area contributed by atoms with Crippen LogP contribution in [0.15, 0.2) is 36.5 Å². The van der Waals surface area contributed by atoms with Crippen molar-refractivity contribution in [3.05, 3.63) is 53.2 Å². The van der Waals surface area contributed by atoms with Crippen LogP contribution in [0.3, 0.4) is 0 Å². The topological polar surface area (TPSA) is 68.5 Å². The van der Waals surface area contributed by atoms with Crippen LogP contribution >= 0.6 is 0 Å². The first-order chi connectivity index (χ1) is 12.7. The van der Waals surface area contributed by atoms with Gasteiger partial charge < -0.3 is 10.5 Å². The number of fused-ring (bicyclic) bond motifs is 1. The number of nitrogens with zero attached hydrogens (tertiary/aromatic N) is 2. The van der Waals surface area contributed by atoms with Crippen LogP contribution < -0.4 is 10.5 Å². The number of unbranched alkanes of at least 4 members (excludes halogenated alkanes) is 2. The number of ether oxygens (including phenoxy) is 1. The highest BCUT2D eigenvalue weighted by Gasteiger charge is 2.15. The Bertz CT molecular complexity index is 743. The van der Waals surface area contributed by atoms with Gasteiger partial charge in [0.2, 0.25) is 11.8 Å². The zero-order valence-electron chi connectivity index (χ0n) is 15.4. The fourth-order valence-corrected chi connectivity index (χ4v) is 3.35. The third kappa shape index (κ3) is 4.82. The summed E-state index contributed by atoms with van der Waals surface area (Å²) in [4.78, 5) is 17.8. The van der Waals surface area contributed by atoms with E-state index in [4.69, 9.17) is 10.5 Å². The van der Waals surface area contributed by atoms with Gasteiger partial charge in [0.05, 0.1) is 5.56 Å². The molecule has 1 aromatic heterocycles. The van der Waals surface area contributed by atoms with Gasteiger partial charge in [-0.05, 0) is 61.7 Å². The lowest BCUT2D eigenvalue weighted by atomic mass is 10.0. The monoisotopic (exact) mass is 353 g/mol. The molecule has 0 fully saturated rings. The second kappa shape index (κ2) is 8.81. The molecule has 3 rings (SSSR count). The summed E-state index contributed by atoms with van der Waals surface area (Å²) in [5.41, 5.74) is 8.36. The van der Waals surface area contributed by atoms with E-state index in [1.165, 1.54) is 49.6 Å². The first-order valence-corrected chi connectivity index (χ1v) is 9.43. The van der Waals surface area contributed by atoms with E-state index in [1.54, 1.807) is 12.1 Å². The Labute approximate surface area is 155 Å². The molecule has 0 saturated carbocycles. The van der Waals surface area contributed by atoms with Crippen LogP contribution in [0.2, 0.25) is 0 Å². The number of aryl methyl sites for hydroxylation is 1. The van der Waals surface area contributed by atoms with Gasteiger partial charge in [0, 0.05) is 18.8 Å². The number of carbonyl (C=O) groups excluding carboxylic acids is 1. The van der Waals surface area contributed by atoms with Crippen LogP contribution in [-0.4, -0.2) is 28.9 Å². The van der Waals surface area contributed by atoms with E-state index in [1.807, 2.05) is 6.07 Å². The number of benzene rings is 1. The zero-order chi connectivity index (χ0) is 18.4. The molecule has 5 nitrogen and oxygen atoms in total. The number of aromatic nitrogens is 1. The molecule has 2 aromatic rings. The minimum absolute atomic E-state index is 0.377. The molecule has 1 aliphatic rings. The largest absolute Gasteiger partial charge is 0.439 e. The lowest BCUT2D eigenvalue weighted by molar-refractivity contribution is 0.1000. The smallest absolute Gasteiger partial charge is 0.250 e. The number of hydrogen-bond acceptors (Lipinski definition) is 4. The summed E-state index contributed by atoms with van der Waals surface area (Å²) in [6.45, 7) is 5.60. The summed E-state index contributed by atoms with van der Waals surface area (Å²) in [5, 5.41) is 0. The van der Waals surface area contributed by atoms with E-state index in [0.29, 0.717) is 11.4 Å². The van der Waals surface area contributed by atoms with Crippen LogP contribution in [0, 0.1) is 0 Å². The Morgan fingerprint density at radius 3 is 2.85 bits per heavy atom.